The van der Waals surface area contributed by atoms with E-state index in [0.29, 0.717) is 18.0 Å². The van der Waals surface area contributed by atoms with Crippen LogP contribution in [0.2, 0.25) is 0 Å². The van der Waals surface area contributed by atoms with Crippen LogP contribution in [0.4, 0.5) is 11.4 Å². The predicted octanol–water partition coefficient (Wildman–Crippen LogP) is 1.79. The topological polar surface area (TPSA) is 77.2 Å². The van der Waals surface area contributed by atoms with Gasteiger partial charge in [-0.05, 0) is 13.0 Å². The first-order chi connectivity index (χ1) is 8.72. The average Bonchev–Trinajstić information content (AvgIpc) is 2.38. The molecular weight excluding hydrogens is 230 g/mol. The molecule has 0 unspecified atom stereocenters. The summed E-state index contributed by atoms with van der Waals surface area (Å²) in [6.45, 7) is 2.23. The number of para-hydroxylation sites is 1. The first-order valence-corrected chi connectivity index (χ1v) is 5.75. The second kappa shape index (κ2) is 5.35. The van der Waals surface area contributed by atoms with Gasteiger partial charge in [-0.2, -0.15) is 0 Å². The van der Waals surface area contributed by atoms with Crippen LogP contribution < -0.4 is 11.1 Å². The summed E-state index contributed by atoms with van der Waals surface area (Å²) in [4.78, 5) is 15.5. The summed E-state index contributed by atoms with van der Waals surface area (Å²) in [5.74, 6) is -0.308. The van der Waals surface area contributed by atoms with Gasteiger partial charge in [0.2, 0.25) is 0 Å². The standard InChI is InChI=1S/C13H15N3O2/c1-2-18-12(17)8-16-13-9-5-3-4-6-11(9)15-7-10(13)14/h3-7H,2,8,14H2,1H3,(H,15,16). The minimum atomic E-state index is -0.308. The Balaban J connectivity index is 2.26. The highest BCUT2D eigenvalue weighted by Crippen LogP contribution is 2.27. The van der Waals surface area contributed by atoms with Crippen molar-refractivity contribution in [2.45, 2.75) is 6.92 Å². The van der Waals surface area contributed by atoms with Crippen molar-refractivity contribution in [3.8, 4) is 0 Å². The molecule has 1 aromatic heterocycles. The molecule has 0 saturated heterocycles. The lowest BCUT2D eigenvalue weighted by Gasteiger charge is -2.11. The quantitative estimate of drug-likeness (QED) is 0.803. The van der Waals surface area contributed by atoms with E-state index >= 15 is 0 Å². The third kappa shape index (κ3) is 2.51. The maximum Gasteiger partial charge on any atom is 0.325 e. The number of esters is 1. The van der Waals surface area contributed by atoms with E-state index in [1.54, 1.807) is 13.1 Å². The Morgan fingerprint density at radius 2 is 2.22 bits per heavy atom. The zero-order chi connectivity index (χ0) is 13.0. The molecule has 5 heteroatoms. The molecule has 0 radical (unpaired) electrons. The van der Waals surface area contributed by atoms with Gasteiger partial charge >= 0.3 is 5.97 Å². The monoisotopic (exact) mass is 245 g/mol. The van der Waals surface area contributed by atoms with Crippen LogP contribution in [0.15, 0.2) is 30.5 Å². The van der Waals surface area contributed by atoms with Crippen molar-refractivity contribution in [2.24, 2.45) is 0 Å². The van der Waals surface area contributed by atoms with Crippen molar-refractivity contribution in [1.82, 2.24) is 4.98 Å². The van der Waals surface area contributed by atoms with Gasteiger partial charge in [0.25, 0.3) is 0 Å². The Kier molecular flexibility index (Phi) is 3.62. The summed E-state index contributed by atoms with van der Waals surface area (Å²) >= 11 is 0. The molecule has 5 nitrogen and oxygen atoms in total. The largest absolute Gasteiger partial charge is 0.465 e. The van der Waals surface area contributed by atoms with Crippen molar-refractivity contribution in [3.63, 3.8) is 0 Å². The van der Waals surface area contributed by atoms with Gasteiger partial charge in [0.05, 0.1) is 29.7 Å². The van der Waals surface area contributed by atoms with E-state index in [0.717, 1.165) is 10.9 Å². The first-order valence-electron chi connectivity index (χ1n) is 5.75. The van der Waals surface area contributed by atoms with Crippen LogP contribution >= 0.6 is 0 Å². The molecule has 0 atom stereocenters. The number of nitrogens with zero attached hydrogens (tertiary/aromatic N) is 1. The molecule has 3 N–H and O–H groups in total. The summed E-state index contributed by atoms with van der Waals surface area (Å²) in [6, 6.07) is 7.61. The third-order valence-corrected chi connectivity index (χ3v) is 2.52. The molecule has 1 heterocycles. The molecule has 94 valence electrons. The van der Waals surface area contributed by atoms with E-state index in [4.69, 9.17) is 10.5 Å². The number of hydrogen-bond acceptors (Lipinski definition) is 5. The molecule has 2 rings (SSSR count). The lowest BCUT2D eigenvalue weighted by Crippen LogP contribution is -2.17. The van der Waals surface area contributed by atoms with E-state index in [2.05, 4.69) is 10.3 Å². The van der Waals surface area contributed by atoms with E-state index in [1.807, 2.05) is 24.3 Å². The van der Waals surface area contributed by atoms with Gasteiger partial charge in [-0.3, -0.25) is 9.78 Å². The lowest BCUT2D eigenvalue weighted by atomic mass is 10.1. The van der Waals surface area contributed by atoms with Gasteiger partial charge in [-0.1, -0.05) is 18.2 Å². The summed E-state index contributed by atoms with van der Waals surface area (Å²) < 4.78 is 4.86. The number of hydrogen-bond donors (Lipinski definition) is 2. The van der Waals surface area contributed by atoms with Gasteiger partial charge in [0.1, 0.15) is 6.54 Å². The Morgan fingerprint density at radius 3 is 3.00 bits per heavy atom. The Bertz CT molecular complexity index is 569. The zero-order valence-electron chi connectivity index (χ0n) is 10.1. The van der Waals surface area contributed by atoms with Crippen LogP contribution in [-0.2, 0) is 9.53 Å². The normalized spacial score (nSPS) is 10.3. The van der Waals surface area contributed by atoms with Crippen LogP contribution in [0, 0.1) is 0 Å². The van der Waals surface area contributed by atoms with Crippen LogP contribution in [0.1, 0.15) is 6.92 Å². The lowest BCUT2D eigenvalue weighted by molar-refractivity contribution is -0.140. The molecule has 0 aliphatic rings. The zero-order valence-corrected chi connectivity index (χ0v) is 10.1. The number of anilines is 2. The second-order valence-electron chi connectivity index (χ2n) is 3.76. The smallest absolute Gasteiger partial charge is 0.325 e. The van der Waals surface area contributed by atoms with Gasteiger partial charge in [0.15, 0.2) is 0 Å². The fourth-order valence-corrected chi connectivity index (χ4v) is 1.73. The number of nitrogens with one attached hydrogen (secondary N) is 1. The average molecular weight is 245 g/mol. The maximum atomic E-state index is 11.3. The number of aromatic nitrogens is 1. The number of rotatable bonds is 4. The Morgan fingerprint density at radius 1 is 1.44 bits per heavy atom. The molecule has 2 aromatic rings. The first kappa shape index (κ1) is 12.2. The van der Waals surface area contributed by atoms with Gasteiger partial charge in [-0.25, -0.2) is 0 Å². The highest BCUT2D eigenvalue weighted by Gasteiger charge is 2.08. The molecule has 0 aliphatic heterocycles. The fourth-order valence-electron chi connectivity index (χ4n) is 1.73. The minimum absolute atomic E-state index is 0.0893. The summed E-state index contributed by atoms with van der Waals surface area (Å²) in [5, 5.41) is 3.89. The van der Waals surface area contributed by atoms with E-state index in [1.165, 1.54) is 0 Å². The maximum absolute atomic E-state index is 11.3. The molecular formula is C13H15N3O2. The highest BCUT2D eigenvalue weighted by atomic mass is 16.5. The molecule has 18 heavy (non-hydrogen) atoms. The van der Waals surface area contributed by atoms with Crippen LogP contribution in [-0.4, -0.2) is 24.1 Å². The summed E-state index contributed by atoms with van der Waals surface area (Å²) in [5.41, 5.74) is 7.93. The molecule has 0 amide bonds. The van der Waals surface area contributed by atoms with E-state index in [9.17, 15) is 4.79 Å². The fraction of sp³-hybridized carbons (Fsp3) is 0.231. The van der Waals surface area contributed by atoms with Gasteiger partial charge in [-0.15, -0.1) is 0 Å². The van der Waals surface area contributed by atoms with Crippen molar-refractivity contribution in [1.29, 1.82) is 0 Å². The molecule has 0 saturated carbocycles. The number of ether oxygens (including phenoxy) is 1. The van der Waals surface area contributed by atoms with Crippen molar-refractivity contribution < 1.29 is 9.53 Å². The van der Waals surface area contributed by atoms with Gasteiger partial charge < -0.3 is 15.8 Å². The summed E-state index contributed by atoms with van der Waals surface area (Å²) in [7, 11) is 0. The molecule has 0 fully saturated rings. The molecule has 1 aromatic carbocycles. The number of benzene rings is 1. The van der Waals surface area contributed by atoms with Crippen molar-refractivity contribution in [2.75, 3.05) is 24.2 Å². The van der Waals surface area contributed by atoms with E-state index in [-0.39, 0.29) is 12.5 Å². The van der Waals surface area contributed by atoms with Crippen LogP contribution in [0.3, 0.4) is 0 Å². The number of nitrogens with two attached hydrogens (primary N) is 1. The third-order valence-electron chi connectivity index (χ3n) is 2.52. The van der Waals surface area contributed by atoms with Gasteiger partial charge in [0, 0.05) is 5.39 Å². The number of carbonyl (C=O) groups excluding carboxylic acids is 1. The van der Waals surface area contributed by atoms with Crippen molar-refractivity contribution >= 4 is 28.2 Å². The highest BCUT2D eigenvalue weighted by molar-refractivity contribution is 5.97. The molecule has 0 spiro atoms. The second-order valence-corrected chi connectivity index (χ2v) is 3.76. The predicted molar refractivity (Wildman–Crippen MR) is 71.3 cm³/mol. The number of nitrogen functional groups attached to an aromatic ring is 1. The van der Waals surface area contributed by atoms with Crippen LogP contribution in [0.25, 0.3) is 10.9 Å². The Labute approximate surface area is 105 Å². The Hall–Kier alpha value is -2.30. The van der Waals surface area contributed by atoms with Crippen molar-refractivity contribution in [3.05, 3.63) is 30.5 Å². The number of fused-ring (bicyclic) bond motifs is 1. The minimum Gasteiger partial charge on any atom is -0.465 e. The SMILES string of the molecule is CCOC(=O)CNc1c(N)cnc2ccccc12. The number of carbonyl (C=O) groups is 1. The van der Waals surface area contributed by atoms with E-state index < -0.39 is 0 Å². The number of pyridine rings is 1. The summed E-state index contributed by atoms with van der Waals surface area (Å²) in [6.07, 6.45) is 1.58. The molecule has 0 aliphatic carbocycles. The van der Waals surface area contributed by atoms with Crippen LogP contribution in [0.5, 0.6) is 0 Å². The molecule has 0 bridgehead atoms.